The van der Waals surface area contributed by atoms with E-state index in [9.17, 15) is 22.8 Å². The quantitative estimate of drug-likeness (QED) is 0.186. The van der Waals surface area contributed by atoms with E-state index in [-0.39, 0.29) is 18.1 Å². The van der Waals surface area contributed by atoms with Crippen molar-refractivity contribution < 1.29 is 37.0 Å². The van der Waals surface area contributed by atoms with Crippen LogP contribution in [0.25, 0.3) is 0 Å². The summed E-state index contributed by atoms with van der Waals surface area (Å²) in [6.07, 6.45) is 1.43. The Bertz CT molecular complexity index is 1480. The Morgan fingerprint density at radius 3 is 2.24 bits per heavy atom. The molecule has 11 nitrogen and oxygen atoms in total. The van der Waals surface area contributed by atoms with Gasteiger partial charge in [-0.15, -0.1) is 11.3 Å². The van der Waals surface area contributed by atoms with Crippen molar-refractivity contribution in [3.63, 3.8) is 0 Å². The molecule has 1 heterocycles. The number of hydrogen-bond donors (Lipinski definition) is 0. The molecule has 226 valence electrons. The molecule has 42 heavy (non-hydrogen) atoms. The van der Waals surface area contributed by atoms with Crippen LogP contribution in [-0.4, -0.2) is 87.5 Å². The Morgan fingerprint density at radius 1 is 1.00 bits per heavy atom. The highest BCUT2D eigenvalue weighted by atomic mass is 32.2. The number of sulfonamides is 1. The van der Waals surface area contributed by atoms with Gasteiger partial charge in [-0.25, -0.2) is 13.4 Å². The van der Waals surface area contributed by atoms with Crippen molar-refractivity contribution in [3.8, 4) is 11.5 Å². The number of benzene rings is 2. The minimum atomic E-state index is -4.07. The minimum Gasteiger partial charge on any atom is -0.496 e. The number of amides is 1. The molecule has 0 N–H and O–H groups in total. The van der Waals surface area contributed by atoms with E-state index in [1.807, 2.05) is 37.3 Å². The number of thiazole rings is 1. The van der Waals surface area contributed by atoms with Crippen LogP contribution in [0, 0.1) is 6.92 Å². The number of likely N-dealkylation sites (N-methyl/N-ethyl adjacent to an activating group) is 1. The first-order valence-corrected chi connectivity index (χ1v) is 15.5. The second-order valence-corrected chi connectivity index (χ2v) is 12.5. The molecule has 3 rings (SSSR count). The Morgan fingerprint density at radius 2 is 1.64 bits per heavy atom. The molecular weight excluding hydrogens is 582 g/mol. The number of methoxy groups -OCH3 is 3. The molecule has 0 saturated heterocycles. The zero-order chi connectivity index (χ0) is 30.9. The lowest BCUT2D eigenvalue weighted by Crippen LogP contribution is -2.36. The molecule has 0 atom stereocenters. The zero-order valence-electron chi connectivity index (χ0n) is 24.3. The number of carbonyl (C=O) groups is 3. The van der Waals surface area contributed by atoms with Crippen molar-refractivity contribution in [2.45, 2.75) is 26.3 Å². The number of aryl methyl sites for hydroxylation is 1. The molecule has 1 aromatic heterocycles. The Hall–Kier alpha value is -3.81. The van der Waals surface area contributed by atoms with Gasteiger partial charge < -0.3 is 19.1 Å². The van der Waals surface area contributed by atoms with Gasteiger partial charge in [0.25, 0.3) is 5.91 Å². The van der Waals surface area contributed by atoms with Crippen molar-refractivity contribution in [1.82, 2.24) is 14.2 Å². The summed E-state index contributed by atoms with van der Waals surface area (Å²) >= 11 is 1.16. The molecule has 0 saturated carbocycles. The molecule has 0 bridgehead atoms. The molecule has 13 heteroatoms. The third kappa shape index (κ3) is 8.60. The van der Waals surface area contributed by atoms with Crippen molar-refractivity contribution in [2.24, 2.45) is 0 Å². The van der Waals surface area contributed by atoms with E-state index in [0.717, 1.165) is 40.3 Å². The summed E-state index contributed by atoms with van der Waals surface area (Å²) in [5.41, 5.74) is 2.26. The highest BCUT2D eigenvalue weighted by Crippen LogP contribution is 2.30. The summed E-state index contributed by atoms with van der Waals surface area (Å²) in [5.74, 6) is -1.55. The normalized spacial score (nSPS) is 11.3. The van der Waals surface area contributed by atoms with Crippen LogP contribution in [-0.2, 0) is 32.5 Å². The zero-order valence-corrected chi connectivity index (χ0v) is 25.9. The summed E-state index contributed by atoms with van der Waals surface area (Å²) < 4.78 is 41.3. The molecule has 1 amide bonds. The van der Waals surface area contributed by atoms with Crippen LogP contribution in [0.2, 0.25) is 0 Å². The van der Waals surface area contributed by atoms with Crippen LogP contribution in [0.5, 0.6) is 11.5 Å². The highest BCUT2D eigenvalue weighted by Gasteiger charge is 2.27. The number of ether oxygens (including phenoxy) is 3. The average molecular weight is 618 g/mol. The molecule has 0 aliphatic heterocycles. The fourth-order valence-corrected chi connectivity index (χ4v) is 5.95. The van der Waals surface area contributed by atoms with Gasteiger partial charge in [0.2, 0.25) is 10.0 Å². The molecule has 0 radical (unpaired) electrons. The van der Waals surface area contributed by atoms with Crippen molar-refractivity contribution in [3.05, 3.63) is 75.2 Å². The number of ketones is 1. The Kier molecular flexibility index (Phi) is 11.6. The van der Waals surface area contributed by atoms with E-state index in [2.05, 4.69) is 9.72 Å². The Balaban J connectivity index is 1.80. The van der Waals surface area contributed by atoms with Gasteiger partial charge in [-0.05, 0) is 37.5 Å². The Labute approximate surface area is 250 Å². The smallest absolute Gasteiger partial charge is 0.320 e. The molecular formula is C29H35N3O8S2. The topological polar surface area (TPSA) is 132 Å². The number of aromatic nitrogens is 1. The average Bonchev–Trinajstić information content (AvgIpc) is 3.45. The number of hydrogen-bond acceptors (Lipinski definition) is 10. The van der Waals surface area contributed by atoms with Gasteiger partial charge >= 0.3 is 5.97 Å². The standard InChI is InChI=1S/C29H35N3O8S2/c1-20-25(38-3)14-22(15-26(20)39-4)29(35)32(13-9-12-21-10-7-6-8-11-21)16-27-30-23(18-41-27)24(33)19-42(36,37)31(2)17-28(34)40-5/h6-8,10-11,14-15,18H,9,12-13,16-17,19H2,1-5H3. The SMILES string of the molecule is COC(=O)CN(C)S(=O)(=O)CC(=O)c1csc(CN(CCCc2ccccc2)C(=O)c2cc(OC)c(C)c(OC)c2)n1. The maximum atomic E-state index is 13.8. The van der Waals surface area contributed by atoms with Crippen LogP contribution in [0.4, 0.5) is 0 Å². The third-order valence-electron chi connectivity index (χ3n) is 6.55. The maximum absolute atomic E-state index is 13.8. The van der Waals surface area contributed by atoms with Crippen LogP contribution in [0.15, 0.2) is 47.8 Å². The van der Waals surface area contributed by atoms with Crippen molar-refractivity contribution >= 4 is 39.0 Å². The number of nitrogens with zero attached hydrogens (tertiary/aromatic N) is 3. The van der Waals surface area contributed by atoms with E-state index in [1.54, 1.807) is 17.0 Å². The molecule has 0 aliphatic rings. The second kappa shape index (κ2) is 14.9. The summed E-state index contributed by atoms with van der Waals surface area (Å²) in [5, 5.41) is 1.94. The summed E-state index contributed by atoms with van der Waals surface area (Å²) in [4.78, 5) is 44.0. The van der Waals surface area contributed by atoms with Gasteiger partial charge in [0.1, 0.15) is 34.5 Å². The van der Waals surface area contributed by atoms with Crippen molar-refractivity contribution in [2.75, 3.05) is 47.2 Å². The van der Waals surface area contributed by atoms with Crippen LogP contribution in [0.3, 0.4) is 0 Å². The molecule has 3 aromatic rings. The lowest BCUT2D eigenvalue weighted by Gasteiger charge is -2.23. The summed E-state index contributed by atoms with van der Waals surface area (Å²) in [7, 11) is 1.31. The highest BCUT2D eigenvalue weighted by molar-refractivity contribution is 7.89. The van der Waals surface area contributed by atoms with Gasteiger partial charge in [0.05, 0.1) is 27.9 Å². The predicted octanol–water partition coefficient (Wildman–Crippen LogP) is 3.36. The minimum absolute atomic E-state index is 0.0274. The van der Waals surface area contributed by atoms with Gasteiger partial charge in [0, 0.05) is 30.1 Å². The van der Waals surface area contributed by atoms with E-state index >= 15 is 0 Å². The van der Waals surface area contributed by atoms with Gasteiger partial charge in [0.15, 0.2) is 5.78 Å². The number of rotatable bonds is 15. The van der Waals surface area contributed by atoms with Crippen LogP contribution >= 0.6 is 11.3 Å². The first-order chi connectivity index (χ1) is 20.0. The predicted molar refractivity (Wildman–Crippen MR) is 159 cm³/mol. The molecule has 0 unspecified atom stereocenters. The van der Waals surface area contributed by atoms with Gasteiger partial charge in [-0.3, -0.25) is 14.4 Å². The van der Waals surface area contributed by atoms with Gasteiger partial charge in [-0.1, -0.05) is 30.3 Å². The number of carbonyl (C=O) groups excluding carboxylic acids is 3. The fraction of sp³-hybridized carbons (Fsp3) is 0.379. The molecule has 0 aliphatic carbocycles. The summed E-state index contributed by atoms with van der Waals surface area (Å²) in [6, 6.07) is 13.2. The van der Waals surface area contributed by atoms with Gasteiger partial charge in [-0.2, -0.15) is 4.31 Å². The van der Waals surface area contributed by atoms with E-state index < -0.39 is 34.1 Å². The second-order valence-electron chi connectivity index (χ2n) is 9.46. The number of esters is 1. The molecule has 0 spiro atoms. The number of Topliss-reactive ketones (excluding diaryl/α,β-unsaturated/α-hetero) is 1. The van der Waals surface area contributed by atoms with Crippen molar-refractivity contribution in [1.29, 1.82) is 0 Å². The van der Waals surface area contributed by atoms with E-state index in [0.29, 0.717) is 35.0 Å². The lowest BCUT2D eigenvalue weighted by molar-refractivity contribution is -0.140. The fourth-order valence-electron chi connectivity index (χ4n) is 4.13. The first-order valence-electron chi connectivity index (χ1n) is 13.0. The van der Waals surface area contributed by atoms with E-state index in [1.165, 1.54) is 26.6 Å². The molecule has 2 aromatic carbocycles. The lowest BCUT2D eigenvalue weighted by atomic mass is 10.1. The van der Waals surface area contributed by atoms with E-state index in [4.69, 9.17) is 9.47 Å². The van der Waals surface area contributed by atoms with Crippen LogP contribution in [0.1, 0.15) is 43.4 Å². The monoisotopic (exact) mass is 617 g/mol. The largest absolute Gasteiger partial charge is 0.496 e. The third-order valence-corrected chi connectivity index (χ3v) is 9.09. The molecule has 0 fully saturated rings. The first kappa shape index (κ1) is 32.7. The maximum Gasteiger partial charge on any atom is 0.320 e. The summed E-state index contributed by atoms with van der Waals surface area (Å²) in [6.45, 7) is 1.84. The van der Waals surface area contributed by atoms with Crippen LogP contribution < -0.4 is 9.47 Å².